The molecule has 0 saturated heterocycles. The normalized spacial score (nSPS) is 10.4. The van der Waals surface area contributed by atoms with Crippen molar-refractivity contribution in [3.8, 4) is 5.75 Å². The van der Waals surface area contributed by atoms with Gasteiger partial charge in [0.15, 0.2) is 5.75 Å². The third-order valence-corrected chi connectivity index (χ3v) is 1.68. The van der Waals surface area contributed by atoms with Crippen LogP contribution in [0.3, 0.4) is 0 Å². The summed E-state index contributed by atoms with van der Waals surface area (Å²) >= 11 is 0. The quantitative estimate of drug-likeness (QED) is 0.693. The predicted octanol–water partition coefficient (Wildman–Crippen LogP) is 0.741. The summed E-state index contributed by atoms with van der Waals surface area (Å²) in [6.07, 6.45) is 4.43. The zero-order chi connectivity index (χ0) is 10.6. The lowest BCUT2D eigenvalue weighted by molar-refractivity contribution is 0.415. The monoisotopic (exact) mass is 192 g/mol. The third kappa shape index (κ3) is 1.87. The summed E-state index contributed by atoms with van der Waals surface area (Å²) in [4.78, 5) is 7.63. The molecule has 0 aliphatic rings. The molecule has 0 spiro atoms. The van der Waals surface area contributed by atoms with Gasteiger partial charge in [-0.25, -0.2) is 0 Å². The third-order valence-electron chi connectivity index (χ3n) is 1.68. The highest BCUT2D eigenvalue weighted by Crippen LogP contribution is 2.24. The molecule has 3 N–H and O–H groups in total. The standard InChI is InChI=1S/C9H12N4O/c1-12-4-7(10)6-3-13-5-8(11)9(6)14-2/h3-5,10H,11H2,1-2H3. The van der Waals surface area contributed by atoms with Gasteiger partial charge in [0.05, 0.1) is 30.3 Å². The Kier molecular flexibility index (Phi) is 3.17. The van der Waals surface area contributed by atoms with Gasteiger partial charge in [0.2, 0.25) is 0 Å². The first-order chi connectivity index (χ1) is 6.70. The second-order valence-electron chi connectivity index (χ2n) is 2.61. The van der Waals surface area contributed by atoms with Crippen molar-refractivity contribution in [1.82, 2.24) is 4.98 Å². The first kappa shape index (κ1) is 10.2. The Hall–Kier alpha value is -1.91. The molecule has 0 bridgehead atoms. The minimum atomic E-state index is 0.226. The van der Waals surface area contributed by atoms with E-state index in [-0.39, 0.29) is 5.71 Å². The number of nitrogens with one attached hydrogen (secondary N) is 1. The van der Waals surface area contributed by atoms with E-state index in [1.165, 1.54) is 25.7 Å². The highest BCUT2D eigenvalue weighted by molar-refractivity contribution is 6.37. The Morgan fingerprint density at radius 2 is 2.36 bits per heavy atom. The van der Waals surface area contributed by atoms with Gasteiger partial charge in [0, 0.05) is 19.5 Å². The fraction of sp³-hybridized carbons (Fsp3) is 0.222. The highest BCUT2D eigenvalue weighted by atomic mass is 16.5. The second-order valence-corrected chi connectivity index (χ2v) is 2.61. The number of hydrogen-bond donors (Lipinski definition) is 2. The molecular formula is C9H12N4O. The highest BCUT2D eigenvalue weighted by Gasteiger charge is 2.10. The number of methoxy groups -OCH3 is 1. The van der Waals surface area contributed by atoms with Gasteiger partial charge in [-0.05, 0) is 0 Å². The topological polar surface area (TPSA) is 84.4 Å². The molecule has 0 unspecified atom stereocenters. The molecule has 5 heteroatoms. The molecule has 0 amide bonds. The molecule has 74 valence electrons. The maximum atomic E-state index is 7.65. The molecule has 0 fully saturated rings. The lowest BCUT2D eigenvalue weighted by atomic mass is 10.1. The number of rotatable bonds is 3. The zero-order valence-corrected chi connectivity index (χ0v) is 8.11. The van der Waals surface area contributed by atoms with Crippen molar-refractivity contribution in [3.63, 3.8) is 0 Å². The summed E-state index contributed by atoms with van der Waals surface area (Å²) in [5.41, 5.74) is 6.82. The number of aromatic nitrogens is 1. The Morgan fingerprint density at radius 1 is 1.64 bits per heavy atom. The minimum Gasteiger partial charge on any atom is -0.494 e. The summed E-state index contributed by atoms with van der Waals surface area (Å²) in [5, 5.41) is 7.65. The Labute approximate surface area is 82.1 Å². The van der Waals surface area contributed by atoms with Crippen molar-refractivity contribution >= 4 is 17.6 Å². The van der Waals surface area contributed by atoms with E-state index >= 15 is 0 Å². The second kappa shape index (κ2) is 4.36. The van der Waals surface area contributed by atoms with Crippen LogP contribution in [0.2, 0.25) is 0 Å². The molecule has 1 rings (SSSR count). The van der Waals surface area contributed by atoms with Gasteiger partial charge in [-0.2, -0.15) is 0 Å². The molecule has 0 saturated carbocycles. The van der Waals surface area contributed by atoms with Gasteiger partial charge in [0.1, 0.15) is 0 Å². The first-order valence-electron chi connectivity index (χ1n) is 3.99. The van der Waals surface area contributed by atoms with E-state index in [1.807, 2.05) is 0 Å². The largest absolute Gasteiger partial charge is 0.494 e. The van der Waals surface area contributed by atoms with Crippen LogP contribution in [0.1, 0.15) is 5.56 Å². The van der Waals surface area contributed by atoms with Crippen LogP contribution in [0.4, 0.5) is 5.69 Å². The molecule has 0 aliphatic carbocycles. The van der Waals surface area contributed by atoms with Gasteiger partial charge in [-0.15, -0.1) is 0 Å². The van der Waals surface area contributed by atoms with Crippen LogP contribution in [-0.4, -0.2) is 31.1 Å². The van der Waals surface area contributed by atoms with Crippen LogP contribution in [0, 0.1) is 5.41 Å². The molecule has 0 radical (unpaired) electrons. The molecule has 0 aromatic carbocycles. The molecule has 14 heavy (non-hydrogen) atoms. The fourth-order valence-electron chi connectivity index (χ4n) is 1.08. The Balaban J connectivity index is 3.20. The van der Waals surface area contributed by atoms with E-state index in [1.54, 1.807) is 7.05 Å². The van der Waals surface area contributed by atoms with Crippen LogP contribution in [0.5, 0.6) is 5.75 Å². The number of nitrogens with zero attached hydrogens (tertiary/aromatic N) is 2. The molecule has 0 aliphatic heterocycles. The van der Waals surface area contributed by atoms with E-state index in [0.717, 1.165) is 0 Å². The van der Waals surface area contributed by atoms with Crippen molar-refractivity contribution in [1.29, 1.82) is 5.41 Å². The average molecular weight is 192 g/mol. The van der Waals surface area contributed by atoms with Gasteiger partial charge >= 0.3 is 0 Å². The van der Waals surface area contributed by atoms with Crippen molar-refractivity contribution in [3.05, 3.63) is 18.0 Å². The summed E-state index contributed by atoms with van der Waals surface area (Å²) < 4.78 is 5.08. The molecule has 1 heterocycles. The van der Waals surface area contributed by atoms with E-state index in [0.29, 0.717) is 17.0 Å². The Bertz CT molecular complexity index is 373. The Morgan fingerprint density at radius 3 is 2.93 bits per heavy atom. The molecule has 5 nitrogen and oxygen atoms in total. The lowest BCUT2D eigenvalue weighted by Gasteiger charge is -2.08. The first-order valence-corrected chi connectivity index (χ1v) is 3.99. The smallest absolute Gasteiger partial charge is 0.154 e. The van der Waals surface area contributed by atoms with Gasteiger partial charge in [-0.3, -0.25) is 15.4 Å². The van der Waals surface area contributed by atoms with E-state index < -0.39 is 0 Å². The van der Waals surface area contributed by atoms with E-state index in [4.69, 9.17) is 15.9 Å². The van der Waals surface area contributed by atoms with Gasteiger partial charge in [-0.1, -0.05) is 0 Å². The number of hydrogen-bond acceptors (Lipinski definition) is 5. The maximum Gasteiger partial charge on any atom is 0.154 e. The van der Waals surface area contributed by atoms with Crippen molar-refractivity contribution in [2.45, 2.75) is 0 Å². The summed E-state index contributed by atoms with van der Waals surface area (Å²) in [6.45, 7) is 0. The number of aliphatic imine (C=N–C) groups is 1. The lowest BCUT2D eigenvalue weighted by Crippen LogP contribution is -2.06. The van der Waals surface area contributed by atoms with Crippen molar-refractivity contribution < 1.29 is 4.74 Å². The molecule has 0 atom stereocenters. The number of anilines is 1. The van der Waals surface area contributed by atoms with Crippen LogP contribution < -0.4 is 10.5 Å². The summed E-state index contributed by atoms with van der Waals surface area (Å²) in [6, 6.07) is 0. The van der Waals surface area contributed by atoms with Crippen LogP contribution >= 0.6 is 0 Å². The van der Waals surface area contributed by atoms with Crippen molar-refractivity contribution in [2.75, 3.05) is 19.9 Å². The maximum absolute atomic E-state index is 7.65. The molecule has 1 aromatic rings. The van der Waals surface area contributed by atoms with E-state index in [9.17, 15) is 0 Å². The average Bonchev–Trinajstić information content (AvgIpc) is 2.17. The van der Waals surface area contributed by atoms with E-state index in [2.05, 4.69) is 9.98 Å². The van der Waals surface area contributed by atoms with Gasteiger partial charge < -0.3 is 10.5 Å². The summed E-state index contributed by atoms with van der Waals surface area (Å²) in [5.74, 6) is 0.463. The number of pyridine rings is 1. The minimum absolute atomic E-state index is 0.226. The SMILES string of the molecule is CN=CC(=N)c1cncc(N)c1OC. The van der Waals surface area contributed by atoms with Crippen molar-refractivity contribution in [2.24, 2.45) is 4.99 Å². The van der Waals surface area contributed by atoms with Crippen LogP contribution in [-0.2, 0) is 0 Å². The van der Waals surface area contributed by atoms with Gasteiger partial charge in [0.25, 0.3) is 0 Å². The van der Waals surface area contributed by atoms with Crippen LogP contribution in [0.15, 0.2) is 17.4 Å². The predicted molar refractivity (Wildman–Crippen MR) is 56.4 cm³/mol. The molecule has 1 aromatic heterocycles. The summed E-state index contributed by atoms with van der Waals surface area (Å²) in [7, 11) is 3.10. The number of nitrogens with two attached hydrogens (primary N) is 1. The zero-order valence-electron chi connectivity index (χ0n) is 8.11. The molecular weight excluding hydrogens is 180 g/mol. The number of nitrogen functional groups attached to an aromatic ring is 1. The fourth-order valence-corrected chi connectivity index (χ4v) is 1.08. The number of ether oxygens (including phenoxy) is 1. The van der Waals surface area contributed by atoms with Crippen LogP contribution in [0.25, 0.3) is 0 Å².